The topological polar surface area (TPSA) is 106 Å². The number of aryl methyl sites for hydroxylation is 3. The average Bonchev–Trinajstić information content (AvgIpc) is 3.45. The summed E-state index contributed by atoms with van der Waals surface area (Å²) >= 11 is 0. The van der Waals surface area contributed by atoms with Gasteiger partial charge >= 0.3 is 0 Å². The highest BCUT2D eigenvalue weighted by molar-refractivity contribution is 5.88. The fourth-order valence-corrected chi connectivity index (χ4v) is 5.05. The molecule has 1 saturated heterocycles. The Morgan fingerprint density at radius 1 is 0.943 bits per heavy atom. The van der Waals surface area contributed by atoms with Gasteiger partial charge in [0.15, 0.2) is 5.65 Å². The van der Waals surface area contributed by atoms with Crippen LogP contribution in [0.15, 0.2) is 18.6 Å². The summed E-state index contributed by atoms with van der Waals surface area (Å²) in [5.74, 6) is 1.68. The van der Waals surface area contributed by atoms with Crippen molar-refractivity contribution in [2.24, 2.45) is 0 Å². The molecule has 1 saturated carbocycles. The van der Waals surface area contributed by atoms with Crippen LogP contribution in [0.2, 0.25) is 0 Å². The summed E-state index contributed by atoms with van der Waals surface area (Å²) in [6.45, 7) is 6.11. The first-order valence-corrected chi connectivity index (χ1v) is 12.5. The average molecular weight is 473 g/mol. The third-order valence-corrected chi connectivity index (χ3v) is 7.32. The molecular weight excluding hydrogens is 444 g/mol. The molecule has 1 aliphatic carbocycles. The van der Waals surface area contributed by atoms with E-state index in [2.05, 4.69) is 21.1 Å². The lowest BCUT2D eigenvalue weighted by Gasteiger charge is -2.28. The number of ether oxygens (including phenoxy) is 2. The fourth-order valence-electron chi connectivity index (χ4n) is 5.05. The van der Waals surface area contributed by atoms with Gasteiger partial charge in [-0.25, -0.2) is 24.6 Å². The first-order chi connectivity index (χ1) is 17.1. The monoisotopic (exact) mass is 472 g/mol. The van der Waals surface area contributed by atoms with Crippen LogP contribution >= 0.6 is 0 Å². The number of nitrogens with zero attached hydrogens (tertiary/aromatic N) is 8. The maximum Gasteiger partial charge on any atom is 0.221 e. The molecule has 4 aromatic rings. The summed E-state index contributed by atoms with van der Waals surface area (Å²) in [7, 11) is 0. The Balaban J connectivity index is 1.29. The van der Waals surface area contributed by atoms with Crippen LogP contribution in [0.5, 0.6) is 5.88 Å². The molecule has 180 valence electrons. The molecular formula is C25H28N8O2. The Morgan fingerprint density at radius 3 is 2.71 bits per heavy atom. The Bertz CT molecular complexity index is 1420. The molecule has 0 aromatic carbocycles. The van der Waals surface area contributed by atoms with E-state index in [0.29, 0.717) is 30.4 Å². The lowest BCUT2D eigenvalue weighted by Crippen LogP contribution is -2.20. The lowest BCUT2D eigenvalue weighted by atomic mass is 9.92. The second-order valence-corrected chi connectivity index (χ2v) is 9.85. The molecule has 0 N–H and O–H groups in total. The third kappa shape index (κ3) is 3.67. The van der Waals surface area contributed by atoms with Gasteiger partial charge in [-0.15, -0.1) is 0 Å². The van der Waals surface area contributed by atoms with Crippen LogP contribution in [0.3, 0.4) is 0 Å². The smallest absolute Gasteiger partial charge is 0.221 e. The van der Waals surface area contributed by atoms with E-state index in [1.165, 1.54) is 12.8 Å². The summed E-state index contributed by atoms with van der Waals surface area (Å²) in [6.07, 6.45) is 11.0. The first-order valence-electron chi connectivity index (χ1n) is 12.5. The minimum Gasteiger partial charge on any atom is -0.477 e. The highest BCUT2D eigenvalue weighted by Crippen LogP contribution is 2.40. The van der Waals surface area contributed by atoms with E-state index in [0.717, 1.165) is 65.7 Å². The fraction of sp³-hybridized carbons (Fsp3) is 0.520. The second kappa shape index (κ2) is 8.08. The number of fused-ring (bicyclic) bond motifs is 2. The van der Waals surface area contributed by atoms with Crippen molar-refractivity contribution < 1.29 is 9.47 Å². The maximum absolute atomic E-state index is 6.16. The number of aromatic nitrogens is 8. The Hall–Kier alpha value is -3.40. The molecule has 0 amide bonds. The molecule has 2 fully saturated rings. The van der Waals surface area contributed by atoms with Crippen molar-refractivity contribution in [2.75, 3.05) is 13.2 Å². The Kier molecular flexibility index (Phi) is 4.83. The van der Waals surface area contributed by atoms with Crippen molar-refractivity contribution in [2.45, 2.75) is 70.6 Å². The van der Waals surface area contributed by atoms with Crippen LogP contribution in [0.4, 0.5) is 0 Å². The zero-order chi connectivity index (χ0) is 23.5. The molecule has 0 radical (unpaired) electrons. The van der Waals surface area contributed by atoms with Crippen molar-refractivity contribution in [1.82, 2.24) is 39.5 Å². The predicted octanol–water partition coefficient (Wildman–Crippen LogP) is 3.85. The van der Waals surface area contributed by atoms with Crippen LogP contribution < -0.4 is 4.74 Å². The molecule has 10 heteroatoms. The van der Waals surface area contributed by atoms with Gasteiger partial charge in [0.2, 0.25) is 5.88 Å². The van der Waals surface area contributed by atoms with Gasteiger partial charge in [0, 0.05) is 37.3 Å². The van der Waals surface area contributed by atoms with E-state index < -0.39 is 0 Å². The van der Waals surface area contributed by atoms with Crippen LogP contribution in [-0.2, 0) is 11.3 Å². The maximum atomic E-state index is 6.16. The molecule has 35 heavy (non-hydrogen) atoms. The summed E-state index contributed by atoms with van der Waals surface area (Å²) in [6, 6.07) is 0.559. The molecule has 0 spiro atoms. The molecule has 2 aliphatic heterocycles. The van der Waals surface area contributed by atoms with Gasteiger partial charge in [-0.1, -0.05) is 0 Å². The number of hydrogen-bond acceptors (Lipinski definition) is 8. The van der Waals surface area contributed by atoms with Gasteiger partial charge in [-0.2, -0.15) is 10.2 Å². The molecule has 3 aliphatic rings. The summed E-state index contributed by atoms with van der Waals surface area (Å²) in [5, 5.41) is 9.11. The minimum absolute atomic E-state index is 0.0120. The van der Waals surface area contributed by atoms with E-state index >= 15 is 0 Å². The normalized spacial score (nSPS) is 22.2. The van der Waals surface area contributed by atoms with Gasteiger partial charge in [-0.05, 0) is 39.5 Å². The largest absolute Gasteiger partial charge is 0.477 e. The van der Waals surface area contributed by atoms with E-state index in [1.807, 2.05) is 30.9 Å². The number of hydrogen-bond donors (Lipinski definition) is 0. The highest BCUT2D eigenvalue weighted by Gasteiger charge is 2.31. The van der Waals surface area contributed by atoms with Gasteiger partial charge < -0.3 is 9.47 Å². The summed E-state index contributed by atoms with van der Waals surface area (Å²) in [5.41, 5.74) is 5.78. The summed E-state index contributed by atoms with van der Waals surface area (Å²) in [4.78, 5) is 19.7. The number of rotatable bonds is 4. The second-order valence-electron chi connectivity index (χ2n) is 9.85. The van der Waals surface area contributed by atoms with E-state index in [4.69, 9.17) is 29.4 Å². The zero-order valence-electron chi connectivity index (χ0n) is 20.0. The van der Waals surface area contributed by atoms with Crippen molar-refractivity contribution in [3.63, 3.8) is 0 Å². The van der Waals surface area contributed by atoms with E-state index in [9.17, 15) is 0 Å². The van der Waals surface area contributed by atoms with Crippen molar-refractivity contribution in [3.05, 3.63) is 41.4 Å². The third-order valence-electron chi connectivity index (χ3n) is 7.32. The first kappa shape index (κ1) is 20.9. The molecule has 10 nitrogen and oxygen atoms in total. The van der Waals surface area contributed by atoms with Crippen molar-refractivity contribution >= 4 is 11.2 Å². The SMILES string of the molecule is Cc1nc2nc([C@H]3CCO[C@H](c4cnn(C5CC5)c4)C3)nc(-c3cnn4c3OCCC4)c2nc1C. The van der Waals surface area contributed by atoms with Crippen molar-refractivity contribution in [1.29, 1.82) is 0 Å². The quantitative estimate of drug-likeness (QED) is 0.441. The standard InChI is InChI=1S/C25H28N8O2/c1-14-15(2)29-24-22(28-14)21(19-12-27-32-7-3-8-35-25(19)32)30-23(31-24)16-6-9-34-20(10-16)17-11-26-33(13-17)18-4-5-18/h11-13,16,18,20H,3-10H2,1-2H3/t16-,20-/m0/s1. The van der Waals surface area contributed by atoms with E-state index in [1.54, 1.807) is 0 Å². The molecule has 0 unspecified atom stereocenters. The molecule has 0 bridgehead atoms. The zero-order valence-corrected chi connectivity index (χ0v) is 20.0. The van der Waals surface area contributed by atoms with Crippen LogP contribution in [0.25, 0.3) is 22.4 Å². The minimum atomic E-state index is -0.0120. The predicted molar refractivity (Wildman–Crippen MR) is 127 cm³/mol. The molecule has 2 atom stereocenters. The van der Waals surface area contributed by atoms with Gasteiger partial charge in [0.1, 0.15) is 17.0 Å². The van der Waals surface area contributed by atoms with Crippen LogP contribution in [0.1, 0.15) is 72.9 Å². The van der Waals surface area contributed by atoms with Gasteiger partial charge in [0.05, 0.1) is 48.1 Å². The molecule has 7 rings (SSSR count). The Labute approximate surface area is 202 Å². The van der Waals surface area contributed by atoms with Crippen LogP contribution in [0, 0.1) is 13.8 Å². The van der Waals surface area contributed by atoms with Gasteiger partial charge in [0.25, 0.3) is 0 Å². The highest BCUT2D eigenvalue weighted by atomic mass is 16.5. The Morgan fingerprint density at radius 2 is 1.83 bits per heavy atom. The van der Waals surface area contributed by atoms with Crippen LogP contribution in [-0.4, -0.2) is 52.7 Å². The van der Waals surface area contributed by atoms with Crippen molar-refractivity contribution in [3.8, 4) is 17.1 Å². The molecule has 6 heterocycles. The van der Waals surface area contributed by atoms with E-state index in [-0.39, 0.29) is 12.0 Å². The van der Waals surface area contributed by atoms with Gasteiger partial charge in [-0.3, -0.25) is 4.68 Å². The lowest BCUT2D eigenvalue weighted by molar-refractivity contribution is 0.00396. The molecule has 4 aromatic heterocycles. The summed E-state index contributed by atoms with van der Waals surface area (Å²) < 4.78 is 16.1.